The first-order valence-electron chi connectivity index (χ1n) is 7.17. The first kappa shape index (κ1) is 14.3. The SMILES string of the molecule is CNC(COCCOC)C1CCOC2(CCC2)C1. The van der Waals surface area contributed by atoms with E-state index in [0.717, 1.165) is 19.6 Å². The van der Waals surface area contributed by atoms with Gasteiger partial charge in [-0.15, -0.1) is 0 Å². The van der Waals surface area contributed by atoms with Crippen LogP contribution in [-0.2, 0) is 14.2 Å². The summed E-state index contributed by atoms with van der Waals surface area (Å²) in [5.41, 5.74) is 0.227. The van der Waals surface area contributed by atoms with E-state index in [1.807, 2.05) is 7.05 Å². The summed E-state index contributed by atoms with van der Waals surface area (Å²) in [4.78, 5) is 0. The van der Waals surface area contributed by atoms with E-state index in [1.165, 1.54) is 25.7 Å². The highest BCUT2D eigenvalue weighted by molar-refractivity contribution is 4.96. The summed E-state index contributed by atoms with van der Waals surface area (Å²) in [5, 5.41) is 3.41. The van der Waals surface area contributed by atoms with Gasteiger partial charge in [-0.05, 0) is 45.1 Å². The molecule has 2 unspecified atom stereocenters. The smallest absolute Gasteiger partial charge is 0.0701 e. The molecule has 2 atom stereocenters. The quantitative estimate of drug-likeness (QED) is 0.703. The van der Waals surface area contributed by atoms with Crippen molar-refractivity contribution in [3.63, 3.8) is 0 Å². The second kappa shape index (κ2) is 6.85. The van der Waals surface area contributed by atoms with E-state index in [2.05, 4.69) is 5.32 Å². The van der Waals surface area contributed by atoms with Crippen molar-refractivity contribution in [2.45, 2.75) is 43.7 Å². The van der Waals surface area contributed by atoms with Gasteiger partial charge in [0.1, 0.15) is 0 Å². The molecule has 2 aliphatic rings. The molecule has 0 aromatic carbocycles. The Morgan fingerprint density at radius 1 is 1.39 bits per heavy atom. The monoisotopic (exact) mass is 257 g/mol. The largest absolute Gasteiger partial charge is 0.382 e. The molecular formula is C14H27NO3. The molecule has 0 amide bonds. The fourth-order valence-corrected chi connectivity index (χ4v) is 3.14. The van der Waals surface area contributed by atoms with Crippen molar-refractivity contribution in [1.82, 2.24) is 5.32 Å². The summed E-state index contributed by atoms with van der Waals surface area (Å²) in [6.07, 6.45) is 6.20. The maximum atomic E-state index is 5.98. The average molecular weight is 257 g/mol. The maximum Gasteiger partial charge on any atom is 0.0701 e. The van der Waals surface area contributed by atoms with Gasteiger partial charge < -0.3 is 19.5 Å². The van der Waals surface area contributed by atoms with Crippen LogP contribution in [0, 0.1) is 5.92 Å². The predicted octanol–water partition coefficient (Wildman–Crippen LogP) is 1.59. The molecule has 4 heteroatoms. The van der Waals surface area contributed by atoms with Crippen LogP contribution in [0.15, 0.2) is 0 Å². The van der Waals surface area contributed by atoms with Gasteiger partial charge >= 0.3 is 0 Å². The number of rotatable bonds is 7. The maximum absolute atomic E-state index is 5.98. The van der Waals surface area contributed by atoms with Crippen LogP contribution in [0.1, 0.15) is 32.1 Å². The molecule has 106 valence electrons. The minimum Gasteiger partial charge on any atom is -0.382 e. The van der Waals surface area contributed by atoms with Crippen molar-refractivity contribution in [3.05, 3.63) is 0 Å². The van der Waals surface area contributed by atoms with Crippen molar-refractivity contribution < 1.29 is 14.2 Å². The number of ether oxygens (including phenoxy) is 3. The molecule has 1 heterocycles. The van der Waals surface area contributed by atoms with Gasteiger partial charge in [0, 0.05) is 19.8 Å². The van der Waals surface area contributed by atoms with Gasteiger partial charge in [0.2, 0.25) is 0 Å². The topological polar surface area (TPSA) is 39.7 Å². The van der Waals surface area contributed by atoms with Crippen LogP contribution in [0.2, 0.25) is 0 Å². The zero-order valence-electron chi connectivity index (χ0n) is 11.7. The first-order valence-corrected chi connectivity index (χ1v) is 7.17. The summed E-state index contributed by atoms with van der Waals surface area (Å²) in [6, 6.07) is 0.447. The third-order valence-electron chi connectivity index (χ3n) is 4.46. The molecule has 0 aromatic rings. The normalized spacial score (nSPS) is 28.0. The lowest BCUT2D eigenvalue weighted by Gasteiger charge is -2.48. The Kier molecular flexibility index (Phi) is 5.42. The van der Waals surface area contributed by atoms with E-state index in [4.69, 9.17) is 14.2 Å². The third-order valence-corrected chi connectivity index (χ3v) is 4.46. The molecular weight excluding hydrogens is 230 g/mol. The number of methoxy groups -OCH3 is 1. The van der Waals surface area contributed by atoms with Crippen molar-refractivity contribution in [2.75, 3.05) is 40.6 Å². The highest BCUT2D eigenvalue weighted by Gasteiger charge is 2.44. The molecule has 1 N–H and O–H groups in total. The Morgan fingerprint density at radius 3 is 2.83 bits per heavy atom. The lowest BCUT2D eigenvalue weighted by Crippen LogP contribution is -2.51. The third kappa shape index (κ3) is 3.44. The van der Waals surface area contributed by atoms with E-state index >= 15 is 0 Å². The highest BCUT2D eigenvalue weighted by atomic mass is 16.5. The van der Waals surface area contributed by atoms with Crippen LogP contribution in [0.25, 0.3) is 0 Å². The van der Waals surface area contributed by atoms with Gasteiger partial charge in [0.15, 0.2) is 0 Å². The second-order valence-corrected chi connectivity index (χ2v) is 5.60. The zero-order chi connectivity index (χ0) is 12.8. The summed E-state index contributed by atoms with van der Waals surface area (Å²) in [6.45, 7) is 3.05. The standard InChI is InChI=1S/C14H27NO3/c1-15-13(11-17-9-8-16-2)12-4-7-18-14(10-12)5-3-6-14/h12-13,15H,3-11H2,1-2H3. The number of hydrogen-bond acceptors (Lipinski definition) is 4. The number of hydrogen-bond donors (Lipinski definition) is 1. The van der Waals surface area contributed by atoms with Gasteiger partial charge in [-0.2, -0.15) is 0 Å². The van der Waals surface area contributed by atoms with Crippen molar-refractivity contribution >= 4 is 0 Å². The lowest BCUT2D eigenvalue weighted by atomic mass is 9.70. The first-order chi connectivity index (χ1) is 8.79. The molecule has 18 heavy (non-hydrogen) atoms. The van der Waals surface area contributed by atoms with Crippen LogP contribution in [0.5, 0.6) is 0 Å². The molecule has 1 spiro atoms. The van der Waals surface area contributed by atoms with E-state index < -0.39 is 0 Å². The lowest BCUT2D eigenvalue weighted by molar-refractivity contribution is -0.149. The van der Waals surface area contributed by atoms with Gasteiger partial charge in [-0.1, -0.05) is 0 Å². The van der Waals surface area contributed by atoms with Crippen molar-refractivity contribution in [1.29, 1.82) is 0 Å². The highest BCUT2D eigenvalue weighted by Crippen LogP contribution is 2.44. The van der Waals surface area contributed by atoms with Crippen LogP contribution >= 0.6 is 0 Å². The summed E-state index contributed by atoms with van der Waals surface area (Å²) in [7, 11) is 3.74. The fourth-order valence-electron chi connectivity index (χ4n) is 3.14. The molecule has 1 aliphatic carbocycles. The summed E-state index contributed by atoms with van der Waals surface area (Å²) >= 11 is 0. The zero-order valence-corrected chi connectivity index (χ0v) is 11.7. The van der Waals surface area contributed by atoms with Gasteiger partial charge in [0.25, 0.3) is 0 Å². The van der Waals surface area contributed by atoms with Gasteiger partial charge in [-0.3, -0.25) is 0 Å². The summed E-state index contributed by atoms with van der Waals surface area (Å²) < 4.78 is 16.6. The van der Waals surface area contributed by atoms with Crippen molar-refractivity contribution in [2.24, 2.45) is 5.92 Å². The van der Waals surface area contributed by atoms with E-state index in [9.17, 15) is 0 Å². The molecule has 0 aromatic heterocycles. The number of likely N-dealkylation sites (N-methyl/N-ethyl adjacent to an activating group) is 1. The van der Waals surface area contributed by atoms with Crippen LogP contribution < -0.4 is 5.32 Å². The molecule has 2 fully saturated rings. The van der Waals surface area contributed by atoms with Crippen molar-refractivity contribution in [3.8, 4) is 0 Å². The molecule has 0 bridgehead atoms. The molecule has 2 rings (SSSR count). The van der Waals surface area contributed by atoms with Crippen LogP contribution in [-0.4, -0.2) is 52.2 Å². The number of nitrogens with one attached hydrogen (secondary N) is 1. The van der Waals surface area contributed by atoms with Gasteiger partial charge in [-0.25, -0.2) is 0 Å². The molecule has 0 radical (unpaired) electrons. The minimum atomic E-state index is 0.227. The van der Waals surface area contributed by atoms with Crippen LogP contribution in [0.4, 0.5) is 0 Å². The predicted molar refractivity (Wildman–Crippen MR) is 70.8 cm³/mol. The Balaban J connectivity index is 1.76. The second-order valence-electron chi connectivity index (χ2n) is 5.60. The molecule has 1 saturated heterocycles. The minimum absolute atomic E-state index is 0.227. The molecule has 1 aliphatic heterocycles. The average Bonchev–Trinajstić information content (AvgIpc) is 2.37. The Morgan fingerprint density at radius 2 is 2.22 bits per heavy atom. The Hall–Kier alpha value is -0.160. The molecule has 4 nitrogen and oxygen atoms in total. The van der Waals surface area contributed by atoms with E-state index in [1.54, 1.807) is 7.11 Å². The summed E-state index contributed by atoms with van der Waals surface area (Å²) in [5.74, 6) is 0.687. The van der Waals surface area contributed by atoms with E-state index in [-0.39, 0.29) is 5.60 Å². The van der Waals surface area contributed by atoms with E-state index in [0.29, 0.717) is 25.2 Å². The van der Waals surface area contributed by atoms with Crippen LogP contribution in [0.3, 0.4) is 0 Å². The fraction of sp³-hybridized carbons (Fsp3) is 1.00. The molecule has 1 saturated carbocycles. The Labute approximate surface area is 110 Å². The Bertz CT molecular complexity index is 243. The van der Waals surface area contributed by atoms with Gasteiger partial charge in [0.05, 0.1) is 25.4 Å².